The van der Waals surface area contributed by atoms with E-state index in [1.165, 1.54) is 18.5 Å². The predicted molar refractivity (Wildman–Crippen MR) is 121 cm³/mol. The largest absolute Gasteiger partial charge is 0.573 e. The number of rotatable bonds is 3. The smallest absolute Gasteiger partial charge is 0.404 e. The Balaban J connectivity index is 1.78. The fourth-order valence-corrected chi connectivity index (χ4v) is 4.08. The number of ether oxygens (including phenoxy) is 1. The molecule has 0 saturated heterocycles. The second kappa shape index (κ2) is 7.84. The molecule has 0 spiro atoms. The average Bonchev–Trinajstić information content (AvgIpc) is 3.05. The van der Waals surface area contributed by atoms with Gasteiger partial charge in [-0.3, -0.25) is 15.0 Å². The minimum absolute atomic E-state index is 0.148. The summed E-state index contributed by atoms with van der Waals surface area (Å²) in [6, 6.07) is 9.57. The van der Waals surface area contributed by atoms with Gasteiger partial charge < -0.3 is 9.30 Å². The molecule has 7 nitrogen and oxygen atoms in total. The fraction of sp³-hybridized carbons (Fsp3) is 0.130. The first-order chi connectivity index (χ1) is 16.1. The molecule has 0 aliphatic heterocycles. The maximum atomic E-state index is 12.8. The zero-order valence-corrected chi connectivity index (χ0v) is 18.6. The molecule has 2 aromatic carbocycles. The summed E-state index contributed by atoms with van der Waals surface area (Å²) in [4.78, 5) is 12.9. The monoisotopic (exact) mass is 484 g/mol. The summed E-state index contributed by atoms with van der Waals surface area (Å²) in [6.45, 7) is 1.83. The van der Waals surface area contributed by atoms with Crippen LogP contribution in [-0.4, -0.2) is 30.4 Å². The van der Waals surface area contributed by atoms with Gasteiger partial charge in [0.2, 0.25) is 5.62 Å². The second-order valence-electron chi connectivity index (χ2n) is 7.63. The molecule has 11 heteroatoms. The topological polar surface area (TPSA) is 81.6 Å². The molecule has 0 saturated carbocycles. The van der Waals surface area contributed by atoms with Gasteiger partial charge in [-0.15, -0.1) is 13.2 Å². The molecule has 0 aliphatic carbocycles. The van der Waals surface area contributed by atoms with E-state index in [0.717, 1.165) is 0 Å². The van der Waals surface area contributed by atoms with Gasteiger partial charge in [0.15, 0.2) is 0 Å². The molecule has 0 radical (unpaired) electrons. The van der Waals surface area contributed by atoms with Crippen LogP contribution in [0.15, 0.2) is 55.1 Å². The standard InChI is InChI=1S/C23H16ClF3N6O/c1-12-18(9-29-11-31-12)33-21-15-7-13(4-6-17(15)30-10-19(21)32(2)22(33)28)14-3-5-16(24)20(8-14)34-23(25,26)27/h3-11,28H,1-2H3. The number of nitrogens with one attached hydrogen (secondary N) is 1. The fourth-order valence-electron chi connectivity index (χ4n) is 3.92. The summed E-state index contributed by atoms with van der Waals surface area (Å²) < 4.78 is 45.9. The van der Waals surface area contributed by atoms with Crippen LogP contribution in [0.2, 0.25) is 5.02 Å². The third-order valence-corrected chi connectivity index (χ3v) is 5.86. The molecule has 3 aromatic heterocycles. The van der Waals surface area contributed by atoms with Crippen LogP contribution >= 0.6 is 11.6 Å². The van der Waals surface area contributed by atoms with Crippen molar-refractivity contribution in [2.45, 2.75) is 13.3 Å². The summed E-state index contributed by atoms with van der Waals surface area (Å²) in [6.07, 6.45) is -0.108. The Labute approximate surface area is 195 Å². The maximum Gasteiger partial charge on any atom is 0.573 e. The van der Waals surface area contributed by atoms with Crippen LogP contribution in [-0.2, 0) is 7.05 Å². The lowest BCUT2D eigenvalue weighted by atomic mass is 10.0. The number of benzene rings is 2. The van der Waals surface area contributed by atoms with Gasteiger partial charge in [0.25, 0.3) is 0 Å². The van der Waals surface area contributed by atoms with Crippen LogP contribution in [0, 0.1) is 12.3 Å². The van der Waals surface area contributed by atoms with Crippen molar-refractivity contribution in [1.82, 2.24) is 24.1 Å². The molecule has 34 heavy (non-hydrogen) atoms. The van der Waals surface area contributed by atoms with Crippen molar-refractivity contribution in [2.24, 2.45) is 7.05 Å². The first-order valence-electron chi connectivity index (χ1n) is 10.0. The number of imidazole rings is 1. The molecule has 0 fully saturated rings. The summed E-state index contributed by atoms with van der Waals surface area (Å²) in [5, 5.41) is 9.25. The van der Waals surface area contributed by atoms with Crippen molar-refractivity contribution in [3.05, 3.63) is 71.5 Å². The molecule has 5 rings (SSSR count). The van der Waals surface area contributed by atoms with Crippen molar-refractivity contribution >= 4 is 33.5 Å². The van der Waals surface area contributed by atoms with Crippen LogP contribution < -0.4 is 10.4 Å². The number of aryl methyl sites for hydroxylation is 2. The molecular weight excluding hydrogens is 469 g/mol. The number of hydrogen-bond acceptors (Lipinski definition) is 5. The third kappa shape index (κ3) is 3.65. The van der Waals surface area contributed by atoms with Crippen molar-refractivity contribution in [3.8, 4) is 22.6 Å². The molecule has 0 amide bonds. The number of hydrogen-bond donors (Lipinski definition) is 1. The van der Waals surface area contributed by atoms with Gasteiger partial charge in [-0.25, -0.2) is 9.97 Å². The molecule has 0 aliphatic rings. The number of pyridine rings is 1. The van der Waals surface area contributed by atoms with Crippen LogP contribution in [0.25, 0.3) is 38.8 Å². The minimum atomic E-state index is -4.86. The number of aromatic nitrogens is 5. The third-order valence-electron chi connectivity index (χ3n) is 5.55. The van der Waals surface area contributed by atoms with Gasteiger partial charge in [0, 0.05) is 12.4 Å². The highest BCUT2D eigenvalue weighted by molar-refractivity contribution is 6.32. The summed E-state index contributed by atoms with van der Waals surface area (Å²) in [5.74, 6) is -0.483. The average molecular weight is 485 g/mol. The first kappa shape index (κ1) is 21.9. The Bertz CT molecular complexity index is 1640. The van der Waals surface area contributed by atoms with Gasteiger partial charge in [-0.05, 0) is 42.3 Å². The molecule has 3 heterocycles. The number of halogens is 4. The lowest BCUT2D eigenvalue weighted by Gasteiger charge is -2.13. The van der Waals surface area contributed by atoms with Gasteiger partial charge in [-0.2, -0.15) is 0 Å². The molecule has 5 aromatic rings. The zero-order valence-electron chi connectivity index (χ0n) is 17.9. The highest BCUT2D eigenvalue weighted by Gasteiger charge is 2.32. The summed E-state index contributed by atoms with van der Waals surface area (Å²) >= 11 is 5.91. The molecular formula is C23H16ClF3N6O. The van der Waals surface area contributed by atoms with Crippen LogP contribution in [0.3, 0.4) is 0 Å². The lowest BCUT2D eigenvalue weighted by molar-refractivity contribution is -0.274. The van der Waals surface area contributed by atoms with Crippen molar-refractivity contribution in [1.29, 1.82) is 5.41 Å². The van der Waals surface area contributed by atoms with E-state index in [0.29, 0.717) is 44.4 Å². The Hall–Kier alpha value is -3.92. The summed E-state index contributed by atoms with van der Waals surface area (Å²) in [5.41, 5.74) is 4.71. The van der Waals surface area contributed by atoms with E-state index in [2.05, 4.69) is 19.7 Å². The van der Waals surface area contributed by atoms with Gasteiger partial charge in [-0.1, -0.05) is 23.7 Å². The quantitative estimate of drug-likeness (QED) is 0.376. The first-order valence-corrected chi connectivity index (χ1v) is 10.4. The normalized spacial score (nSPS) is 11.9. The molecule has 1 N–H and O–H groups in total. The van der Waals surface area contributed by atoms with Gasteiger partial charge >= 0.3 is 6.36 Å². The van der Waals surface area contributed by atoms with Crippen molar-refractivity contribution < 1.29 is 17.9 Å². The van der Waals surface area contributed by atoms with E-state index in [9.17, 15) is 13.2 Å². The number of nitrogens with zero attached hydrogens (tertiary/aromatic N) is 5. The van der Waals surface area contributed by atoms with E-state index in [1.807, 2.05) is 13.0 Å². The van der Waals surface area contributed by atoms with Crippen LogP contribution in [0.4, 0.5) is 13.2 Å². The van der Waals surface area contributed by atoms with E-state index < -0.39 is 12.1 Å². The molecule has 0 bridgehead atoms. The van der Waals surface area contributed by atoms with Crippen LogP contribution in [0.1, 0.15) is 5.69 Å². The van der Waals surface area contributed by atoms with E-state index >= 15 is 0 Å². The second-order valence-corrected chi connectivity index (χ2v) is 8.04. The van der Waals surface area contributed by atoms with Crippen molar-refractivity contribution in [3.63, 3.8) is 0 Å². The molecule has 172 valence electrons. The number of fused-ring (bicyclic) bond motifs is 3. The Morgan fingerprint density at radius 2 is 1.76 bits per heavy atom. The SMILES string of the molecule is Cc1ncncc1-n1c(=N)n(C)c2cnc3ccc(-c4ccc(Cl)c(OC(F)(F)F)c4)cc3c21. The lowest BCUT2D eigenvalue weighted by Crippen LogP contribution is -2.22. The molecule has 0 atom stereocenters. The number of alkyl halides is 3. The predicted octanol–water partition coefficient (Wildman–Crippen LogP) is 5.31. The zero-order chi connectivity index (χ0) is 24.2. The highest BCUT2D eigenvalue weighted by atomic mass is 35.5. The van der Waals surface area contributed by atoms with E-state index in [1.54, 1.807) is 46.8 Å². The maximum absolute atomic E-state index is 12.8. The molecule has 0 unspecified atom stereocenters. The van der Waals surface area contributed by atoms with E-state index in [-0.39, 0.29) is 10.6 Å². The van der Waals surface area contributed by atoms with Crippen molar-refractivity contribution in [2.75, 3.05) is 0 Å². The van der Waals surface area contributed by atoms with E-state index in [4.69, 9.17) is 17.0 Å². The Morgan fingerprint density at radius 3 is 2.50 bits per heavy atom. The van der Waals surface area contributed by atoms with Crippen LogP contribution in [0.5, 0.6) is 5.75 Å². The van der Waals surface area contributed by atoms with Gasteiger partial charge in [0.05, 0.1) is 45.3 Å². The summed E-state index contributed by atoms with van der Waals surface area (Å²) in [7, 11) is 1.76. The Kier molecular flexibility index (Phi) is 5.05. The Morgan fingerprint density at radius 1 is 1.03 bits per heavy atom. The minimum Gasteiger partial charge on any atom is -0.404 e. The van der Waals surface area contributed by atoms with Gasteiger partial charge in [0.1, 0.15) is 12.1 Å². The highest BCUT2D eigenvalue weighted by Crippen LogP contribution is 2.36.